The van der Waals surface area contributed by atoms with Crippen molar-refractivity contribution in [2.24, 2.45) is 0 Å². The number of carbonyl (C=O) groups excluding carboxylic acids is 1. The van der Waals surface area contributed by atoms with Crippen LogP contribution in [0.4, 0.5) is 0 Å². The molecule has 0 fully saturated rings. The van der Waals surface area contributed by atoms with Crippen LogP contribution in [-0.4, -0.2) is 28.9 Å². The monoisotopic (exact) mass is 294 g/mol. The summed E-state index contributed by atoms with van der Waals surface area (Å²) in [5.74, 6) is 0.590. The van der Waals surface area contributed by atoms with Crippen LogP contribution in [0.2, 0.25) is 0 Å². The third kappa shape index (κ3) is 2.60. The Morgan fingerprint density at radius 3 is 2.50 bits per heavy atom. The standard InChI is InChI=1S/C18H18N2O2/c1-3-20(4-2)18(21)14-10-11-15-16(12-14)22-17(19-15)13-8-6-5-7-9-13/h5-12H,3-4H2,1-2H3. The second-order valence-corrected chi connectivity index (χ2v) is 5.04. The van der Waals surface area contributed by atoms with Crippen molar-refractivity contribution in [2.45, 2.75) is 13.8 Å². The number of rotatable bonds is 4. The second-order valence-electron chi connectivity index (χ2n) is 5.04. The van der Waals surface area contributed by atoms with Gasteiger partial charge in [0.2, 0.25) is 5.89 Å². The predicted octanol–water partition coefficient (Wildman–Crippen LogP) is 3.98. The van der Waals surface area contributed by atoms with Crippen LogP contribution in [0.15, 0.2) is 52.9 Å². The lowest BCUT2D eigenvalue weighted by molar-refractivity contribution is 0.0773. The third-order valence-corrected chi connectivity index (χ3v) is 3.71. The fourth-order valence-corrected chi connectivity index (χ4v) is 2.46. The van der Waals surface area contributed by atoms with Crippen LogP contribution in [-0.2, 0) is 0 Å². The first-order valence-electron chi connectivity index (χ1n) is 7.48. The smallest absolute Gasteiger partial charge is 0.253 e. The molecule has 22 heavy (non-hydrogen) atoms. The van der Waals surface area contributed by atoms with Crippen LogP contribution in [0.3, 0.4) is 0 Å². The molecule has 0 atom stereocenters. The number of aromatic nitrogens is 1. The Morgan fingerprint density at radius 2 is 1.82 bits per heavy atom. The first-order chi connectivity index (χ1) is 10.7. The van der Waals surface area contributed by atoms with Crippen LogP contribution >= 0.6 is 0 Å². The molecule has 4 nitrogen and oxygen atoms in total. The number of fused-ring (bicyclic) bond motifs is 1. The molecule has 1 amide bonds. The SMILES string of the molecule is CCN(CC)C(=O)c1ccc2nc(-c3ccccc3)oc2c1. The van der Waals surface area contributed by atoms with E-state index in [9.17, 15) is 4.79 Å². The Balaban J connectivity index is 1.99. The fraction of sp³-hybridized carbons (Fsp3) is 0.222. The summed E-state index contributed by atoms with van der Waals surface area (Å²) in [5, 5.41) is 0. The number of oxazole rings is 1. The van der Waals surface area contributed by atoms with Crippen LogP contribution < -0.4 is 0 Å². The molecule has 3 aromatic rings. The summed E-state index contributed by atoms with van der Waals surface area (Å²) in [6.45, 7) is 5.34. The number of benzene rings is 2. The second kappa shape index (κ2) is 6.02. The van der Waals surface area contributed by atoms with Crippen molar-refractivity contribution in [2.75, 3.05) is 13.1 Å². The summed E-state index contributed by atoms with van der Waals surface area (Å²) in [6, 6.07) is 15.2. The van der Waals surface area contributed by atoms with E-state index < -0.39 is 0 Å². The van der Waals surface area contributed by atoms with Gasteiger partial charge < -0.3 is 9.32 Å². The van der Waals surface area contributed by atoms with E-state index in [1.165, 1.54) is 0 Å². The first-order valence-corrected chi connectivity index (χ1v) is 7.48. The minimum atomic E-state index is 0.0181. The molecule has 0 saturated carbocycles. The molecule has 112 valence electrons. The van der Waals surface area contributed by atoms with Crippen LogP contribution in [0.25, 0.3) is 22.6 Å². The summed E-state index contributed by atoms with van der Waals surface area (Å²) in [5.41, 5.74) is 2.95. The van der Waals surface area contributed by atoms with Gasteiger partial charge in [-0.1, -0.05) is 18.2 Å². The highest BCUT2D eigenvalue weighted by molar-refractivity contribution is 5.97. The van der Waals surface area contributed by atoms with Gasteiger partial charge in [0, 0.05) is 24.2 Å². The van der Waals surface area contributed by atoms with E-state index in [1.54, 1.807) is 17.0 Å². The summed E-state index contributed by atoms with van der Waals surface area (Å²) < 4.78 is 5.81. The van der Waals surface area contributed by atoms with Gasteiger partial charge in [-0.15, -0.1) is 0 Å². The predicted molar refractivity (Wildman–Crippen MR) is 86.7 cm³/mol. The highest BCUT2D eigenvalue weighted by atomic mass is 16.3. The van der Waals surface area contributed by atoms with Crippen molar-refractivity contribution in [3.8, 4) is 11.5 Å². The lowest BCUT2D eigenvalue weighted by Gasteiger charge is -2.18. The van der Waals surface area contributed by atoms with E-state index >= 15 is 0 Å². The summed E-state index contributed by atoms with van der Waals surface area (Å²) in [4.78, 5) is 18.7. The molecule has 4 heteroatoms. The van der Waals surface area contributed by atoms with Crippen molar-refractivity contribution < 1.29 is 9.21 Å². The zero-order chi connectivity index (χ0) is 15.5. The van der Waals surface area contributed by atoms with Gasteiger partial charge in [0.1, 0.15) is 5.52 Å². The molecule has 0 aliphatic carbocycles. The lowest BCUT2D eigenvalue weighted by atomic mass is 10.2. The molecule has 1 heterocycles. The third-order valence-electron chi connectivity index (χ3n) is 3.71. The van der Waals surface area contributed by atoms with Gasteiger partial charge in [0.05, 0.1) is 0 Å². The van der Waals surface area contributed by atoms with E-state index in [0.29, 0.717) is 30.1 Å². The van der Waals surface area contributed by atoms with Gasteiger partial charge >= 0.3 is 0 Å². The Hall–Kier alpha value is -2.62. The maximum atomic E-state index is 12.4. The van der Waals surface area contributed by atoms with Crippen molar-refractivity contribution >= 4 is 17.0 Å². The Kier molecular flexibility index (Phi) is 3.92. The zero-order valence-corrected chi connectivity index (χ0v) is 12.7. The highest BCUT2D eigenvalue weighted by Crippen LogP contribution is 2.25. The maximum Gasteiger partial charge on any atom is 0.253 e. The van der Waals surface area contributed by atoms with E-state index in [0.717, 1.165) is 11.1 Å². The van der Waals surface area contributed by atoms with E-state index in [-0.39, 0.29) is 5.91 Å². The number of amides is 1. The van der Waals surface area contributed by atoms with Gasteiger partial charge in [-0.2, -0.15) is 0 Å². The average molecular weight is 294 g/mol. The molecule has 0 saturated heterocycles. The van der Waals surface area contributed by atoms with E-state index in [2.05, 4.69) is 4.98 Å². The Bertz CT molecular complexity index is 789. The molecule has 0 radical (unpaired) electrons. The summed E-state index contributed by atoms with van der Waals surface area (Å²) in [6.07, 6.45) is 0. The lowest BCUT2D eigenvalue weighted by Crippen LogP contribution is -2.30. The molecule has 1 aromatic heterocycles. The van der Waals surface area contributed by atoms with Crippen molar-refractivity contribution in [3.05, 3.63) is 54.1 Å². The zero-order valence-electron chi connectivity index (χ0n) is 12.7. The van der Waals surface area contributed by atoms with Gasteiger partial charge in [-0.25, -0.2) is 4.98 Å². The minimum absolute atomic E-state index is 0.0181. The molecule has 0 unspecified atom stereocenters. The topological polar surface area (TPSA) is 46.3 Å². The minimum Gasteiger partial charge on any atom is -0.436 e. The fourth-order valence-electron chi connectivity index (χ4n) is 2.46. The number of hydrogen-bond acceptors (Lipinski definition) is 3. The number of nitrogens with zero attached hydrogens (tertiary/aromatic N) is 2. The molecule has 0 aliphatic heterocycles. The van der Waals surface area contributed by atoms with Crippen molar-refractivity contribution in [3.63, 3.8) is 0 Å². The quantitative estimate of drug-likeness (QED) is 0.731. The molecular formula is C18H18N2O2. The van der Waals surface area contributed by atoms with Crippen LogP contribution in [0, 0.1) is 0 Å². The van der Waals surface area contributed by atoms with Gasteiger partial charge in [-0.05, 0) is 44.2 Å². The first kappa shape index (κ1) is 14.3. The molecule has 2 aromatic carbocycles. The molecule has 3 rings (SSSR count). The molecule has 0 bridgehead atoms. The molecule has 0 spiro atoms. The maximum absolute atomic E-state index is 12.4. The van der Waals surface area contributed by atoms with E-state index in [4.69, 9.17) is 4.42 Å². The normalized spacial score (nSPS) is 10.8. The average Bonchev–Trinajstić information content (AvgIpc) is 2.99. The van der Waals surface area contributed by atoms with Gasteiger partial charge in [0.15, 0.2) is 5.58 Å². The van der Waals surface area contributed by atoms with Gasteiger partial charge in [0.25, 0.3) is 5.91 Å². The van der Waals surface area contributed by atoms with Gasteiger partial charge in [-0.3, -0.25) is 4.79 Å². The van der Waals surface area contributed by atoms with Crippen LogP contribution in [0.1, 0.15) is 24.2 Å². The highest BCUT2D eigenvalue weighted by Gasteiger charge is 2.15. The Labute approximate surface area is 129 Å². The van der Waals surface area contributed by atoms with Crippen LogP contribution in [0.5, 0.6) is 0 Å². The molecule has 0 aliphatic rings. The summed E-state index contributed by atoms with van der Waals surface area (Å²) in [7, 11) is 0. The molecule has 0 N–H and O–H groups in total. The summed E-state index contributed by atoms with van der Waals surface area (Å²) >= 11 is 0. The molecular weight excluding hydrogens is 276 g/mol. The largest absolute Gasteiger partial charge is 0.436 e. The number of hydrogen-bond donors (Lipinski definition) is 0. The van der Waals surface area contributed by atoms with E-state index in [1.807, 2.05) is 50.2 Å². The van der Waals surface area contributed by atoms with Crippen molar-refractivity contribution in [1.29, 1.82) is 0 Å². The number of carbonyl (C=O) groups is 1. The van der Waals surface area contributed by atoms with Crippen molar-refractivity contribution in [1.82, 2.24) is 9.88 Å². The Morgan fingerprint density at radius 1 is 1.09 bits per heavy atom.